The van der Waals surface area contributed by atoms with E-state index in [0.29, 0.717) is 6.61 Å². The number of rotatable bonds is 8. The first-order chi connectivity index (χ1) is 9.26. The van der Waals surface area contributed by atoms with E-state index >= 15 is 0 Å². The molecule has 1 aliphatic rings. The number of piperazine rings is 1. The zero-order valence-electron chi connectivity index (χ0n) is 12.5. The number of amides is 1. The van der Waals surface area contributed by atoms with Gasteiger partial charge in [0, 0.05) is 32.7 Å². The fourth-order valence-electron chi connectivity index (χ4n) is 2.34. The molecular weight excluding hydrogens is 242 g/mol. The van der Waals surface area contributed by atoms with Gasteiger partial charge in [0.1, 0.15) is 0 Å². The number of hydrogen-bond acceptors (Lipinski definition) is 4. The van der Waals surface area contributed by atoms with Crippen LogP contribution in [0.4, 0.5) is 4.79 Å². The molecule has 0 bridgehead atoms. The van der Waals surface area contributed by atoms with Gasteiger partial charge in [-0.2, -0.15) is 0 Å². The van der Waals surface area contributed by atoms with Crippen molar-refractivity contribution < 1.29 is 9.53 Å². The van der Waals surface area contributed by atoms with Crippen LogP contribution in [0.15, 0.2) is 0 Å². The first kappa shape index (κ1) is 16.2. The molecule has 0 aromatic heterocycles. The Morgan fingerprint density at radius 3 is 2.37 bits per heavy atom. The van der Waals surface area contributed by atoms with Gasteiger partial charge in [-0.25, -0.2) is 4.79 Å². The van der Waals surface area contributed by atoms with Crippen molar-refractivity contribution >= 4 is 6.09 Å². The Labute approximate surface area is 117 Å². The molecule has 1 rings (SSSR count). The summed E-state index contributed by atoms with van der Waals surface area (Å²) in [5.41, 5.74) is 0. The lowest BCUT2D eigenvalue weighted by molar-refractivity contribution is 0.135. The lowest BCUT2D eigenvalue weighted by atomic mass is 10.2. The van der Waals surface area contributed by atoms with Crippen molar-refractivity contribution in [3.05, 3.63) is 0 Å². The summed E-state index contributed by atoms with van der Waals surface area (Å²) in [5, 5.41) is 2.75. The molecule has 5 heteroatoms. The van der Waals surface area contributed by atoms with E-state index in [4.69, 9.17) is 4.74 Å². The highest BCUT2D eigenvalue weighted by molar-refractivity contribution is 5.66. The maximum absolute atomic E-state index is 11.0. The molecule has 5 nitrogen and oxygen atoms in total. The Bertz CT molecular complexity index is 241. The van der Waals surface area contributed by atoms with Crippen LogP contribution in [0.2, 0.25) is 0 Å². The quantitative estimate of drug-likeness (QED) is 0.680. The van der Waals surface area contributed by atoms with Crippen molar-refractivity contribution in [3.63, 3.8) is 0 Å². The molecule has 1 heterocycles. The van der Waals surface area contributed by atoms with E-state index in [1.54, 1.807) is 0 Å². The standard InChI is InChI=1S/C14H29N3O2/c1-3-16-10-12-17(13-11-16)9-7-5-6-8-15-14(18)19-4-2/h3-13H2,1-2H3,(H,15,18). The zero-order valence-corrected chi connectivity index (χ0v) is 12.5. The second-order valence-electron chi connectivity index (χ2n) is 4.98. The Morgan fingerprint density at radius 2 is 1.74 bits per heavy atom. The molecule has 1 fully saturated rings. The van der Waals surface area contributed by atoms with Crippen molar-refractivity contribution in [3.8, 4) is 0 Å². The summed E-state index contributed by atoms with van der Waals surface area (Å²) in [7, 11) is 0. The lowest BCUT2D eigenvalue weighted by Crippen LogP contribution is -2.46. The molecule has 1 amide bonds. The highest BCUT2D eigenvalue weighted by atomic mass is 16.5. The van der Waals surface area contributed by atoms with E-state index in [0.717, 1.165) is 13.0 Å². The summed E-state index contributed by atoms with van der Waals surface area (Å²) in [6.45, 7) is 12.4. The zero-order chi connectivity index (χ0) is 13.9. The van der Waals surface area contributed by atoms with Crippen LogP contribution in [0.3, 0.4) is 0 Å². The van der Waals surface area contributed by atoms with Gasteiger partial charge < -0.3 is 19.9 Å². The number of alkyl carbamates (subject to hydrolysis) is 1. The number of nitrogens with zero attached hydrogens (tertiary/aromatic N) is 2. The van der Waals surface area contributed by atoms with Crippen LogP contribution in [0.25, 0.3) is 0 Å². The summed E-state index contributed by atoms with van der Waals surface area (Å²) in [4.78, 5) is 16.1. The molecule has 0 spiro atoms. The number of ether oxygens (including phenoxy) is 1. The average molecular weight is 271 g/mol. The highest BCUT2D eigenvalue weighted by Crippen LogP contribution is 2.04. The molecule has 0 radical (unpaired) electrons. The van der Waals surface area contributed by atoms with E-state index in [1.165, 1.54) is 52.1 Å². The van der Waals surface area contributed by atoms with Gasteiger partial charge in [-0.1, -0.05) is 13.3 Å². The SMILES string of the molecule is CCOC(=O)NCCCCCN1CCN(CC)CC1. The monoisotopic (exact) mass is 271 g/mol. The van der Waals surface area contributed by atoms with Crippen molar-refractivity contribution in [1.29, 1.82) is 0 Å². The summed E-state index contributed by atoms with van der Waals surface area (Å²) >= 11 is 0. The third-order valence-corrected chi connectivity index (χ3v) is 3.61. The molecule has 0 aromatic rings. The molecule has 0 unspecified atom stereocenters. The Kier molecular flexibility index (Phi) is 8.58. The molecule has 0 atom stereocenters. The minimum atomic E-state index is -0.293. The van der Waals surface area contributed by atoms with Crippen LogP contribution < -0.4 is 5.32 Å². The molecule has 0 aromatic carbocycles. The first-order valence-corrected chi connectivity index (χ1v) is 7.61. The maximum Gasteiger partial charge on any atom is 0.407 e. The third kappa shape index (κ3) is 7.38. The smallest absolute Gasteiger partial charge is 0.407 e. The molecule has 112 valence electrons. The summed E-state index contributed by atoms with van der Waals surface area (Å²) in [6, 6.07) is 0. The van der Waals surface area contributed by atoms with Gasteiger partial charge in [-0.05, 0) is 32.9 Å². The van der Waals surface area contributed by atoms with Crippen molar-refractivity contribution in [2.75, 3.05) is 52.4 Å². The number of nitrogens with one attached hydrogen (secondary N) is 1. The molecule has 1 aliphatic heterocycles. The number of carbonyl (C=O) groups excluding carboxylic acids is 1. The molecule has 0 saturated carbocycles. The Hall–Kier alpha value is -0.810. The average Bonchev–Trinajstić information content (AvgIpc) is 2.43. The normalized spacial score (nSPS) is 17.4. The van der Waals surface area contributed by atoms with Crippen LogP contribution >= 0.6 is 0 Å². The van der Waals surface area contributed by atoms with Gasteiger partial charge in [-0.15, -0.1) is 0 Å². The third-order valence-electron chi connectivity index (χ3n) is 3.61. The van der Waals surface area contributed by atoms with Gasteiger partial charge >= 0.3 is 6.09 Å². The topological polar surface area (TPSA) is 44.8 Å². The van der Waals surface area contributed by atoms with Gasteiger partial charge in [0.05, 0.1) is 6.61 Å². The number of carbonyl (C=O) groups is 1. The molecule has 19 heavy (non-hydrogen) atoms. The maximum atomic E-state index is 11.0. The second kappa shape index (κ2) is 10.0. The van der Waals surface area contributed by atoms with E-state index in [-0.39, 0.29) is 6.09 Å². The van der Waals surface area contributed by atoms with Gasteiger partial charge in [0.2, 0.25) is 0 Å². The molecule has 0 aliphatic carbocycles. The van der Waals surface area contributed by atoms with Crippen LogP contribution in [-0.2, 0) is 4.74 Å². The molecule has 1 saturated heterocycles. The van der Waals surface area contributed by atoms with E-state index < -0.39 is 0 Å². The molecular formula is C14H29N3O2. The van der Waals surface area contributed by atoms with Crippen LogP contribution in [0, 0.1) is 0 Å². The lowest BCUT2D eigenvalue weighted by Gasteiger charge is -2.33. The van der Waals surface area contributed by atoms with Crippen molar-refractivity contribution in [1.82, 2.24) is 15.1 Å². The number of likely N-dealkylation sites (N-methyl/N-ethyl adjacent to an activating group) is 1. The van der Waals surface area contributed by atoms with E-state index in [1.807, 2.05) is 6.92 Å². The van der Waals surface area contributed by atoms with E-state index in [9.17, 15) is 4.79 Å². The fraction of sp³-hybridized carbons (Fsp3) is 0.929. The summed E-state index contributed by atoms with van der Waals surface area (Å²) < 4.78 is 4.80. The van der Waals surface area contributed by atoms with Crippen LogP contribution in [0.1, 0.15) is 33.1 Å². The largest absolute Gasteiger partial charge is 0.450 e. The minimum absolute atomic E-state index is 0.293. The summed E-state index contributed by atoms with van der Waals surface area (Å²) in [6.07, 6.45) is 3.13. The number of unbranched alkanes of at least 4 members (excludes halogenated alkanes) is 2. The highest BCUT2D eigenvalue weighted by Gasteiger charge is 2.14. The second-order valence-corrected chi connectivity index (χ2v) is 4.98. The summed E-state index contributed by atoms with van der Waals surface area (Å²) in [5.74, 6) is 0. The molecule has 1 N–H and O–H groups in total. The van der Waals surface area contributed by atoms with Crippen LogP contribution in [0.5, 0.6) is 0 Å². The number of hydrogen-bond donors (Lipinski definition) is 1. The predicted molar refractivity (Wildman–Crippen MR) is 77.4 cm³/mol. The minimum Gasteiger partial charge on any atom is -0.450 e. The predicted octanol–water partition coefficient (Wildman–Crippen LogP) is 1.54. The van der Waals surface area contributed by atoms with Gasteiger partial charge in [0.25, 0.3) is 0 Å². The van der Waals surface area contributed by atoms with Crippen molar-refractivity contribution in [2.24, 2.45) is 0 Å². The Balaban J connectivity index is 1.90. The van der Waals surface area contributed by atoms with Gasteiger partial charge in [-0.3, -0.25) is 0 Å². The Morgan fingerprint density at radius 1 is 1.05 bits per heavy atom. The van der Waals surface area contributed by atoms with Crippen LogP contribution in [-0.4, -0.2) is 68.3 Å². The van der Waals surface area contributed by atoms with Gasteiger partial charge in [0.15, 0.2) is 0 Å². The van der Waals surface area contributed by atoms with Crippen molar-refractivity contribution in [2.45, 2.75) is 33.1 Å². The fourth-order valence-corrected chi connectivity index (χ4v) is 2.34. The first-order valence-electron chi connectivity index (χ1n) is 7.61. The van der Waals surface area contributed by atoms with E-state index in [2.05, 4.69) is 22.0 Å².